The van der Waals surface area contributed by atoms with Crippen LogP contribution in [0.3, 0.4) is 0 Å². The predicted octanol–water partition coefficient (Wildman–Crippen LogP) is 6.10. The van der Waals surface area contributed by atoms with E-state index in [1.165, 1.54) is 31.0 Å². The third kappa shape index (κ3) is 5.53. The monoisotopic (exact) mass is 483 g/mol. The van der Waals surface area contributed by atoms with Gasteiger partial charge in [-0.05, 0) is 72.4 Å². The number of anilines is 1. The second-order valence-electron chi connectivity index (χ2n) is 7.07. The quantitative estimate of drug-likeness (QED) is 0.294. The number of methoxy groups -OCH3 is 1. The molecule has 0 fully saturated rings. The van der Waals surface area contributed by atoms with Gasteiger partial charge in [0.2, 0.25) is 5.89 Å². The predicted molar refractivity (Wildman–Crippen MR) is 125 cm³/mol. The van der Waals surface area contributed by atoms with Gasteiger partial charge in [-0.2, -0.15) is 0 Å². The van der Waals surface area contributed by atoms with Crippen molar-refractivity contribution in [3.63, 3.8) is 0 Å². The third-order valence-corrected chi connectivity index (χ3v) is 5.94. The highest BCUT2D eigenvalue weighted by Crippen LogP contribution is 2.34. The number of oxazole rings is 1. The standard InChI is InChI=1S/C24H19ClFN3O3S/c1-29(19-10-5-16(6-11-19)23(30)31-2)14-20-24(33-21-12-7-17(25)13-27-21)32-22(28-20)15-3-8-18(26)9-4-15/h3-13H,14H2,1-2H3. The number of hydrogen-bond acceptors (Lipinski definition) is 7. The first-order chi connectivity index (χ1) is 15.9. The molecule has 2 heterocycles. The van der Waals surface area contributed by atoms with Crippen LogP contribution < -0.4 is 4.90 Å². The lowest BCUT2D eigenvalue weighted by Crippen LogP contribution is -2.17. The molecule has 2 aromatic carbocycles. The molecule has 0 amide bonds. The zero-order chi connectivity index (χ0) is 23.4. The van der Waals surface area contributed by atoms with E-state index in [9.17, 15) is 9.18 Å². The van der Waals surface area contributed by atoms with Crippen molar-refractivity contribution >= 4 is 35.0 Å². The summed E-state index contributed by atoms with van der Waals surface area (Å²) in [7, 11) is 3.26. The van der Waals surface area contributed by atoms with Crippen LogP contribution in [0.2, 0.25) is 5.02 Å². The van der Waals surface area contributed by atoms with Crippen molar-refractivity contribution in [1.82, 2.24) is 9.97 Å². The molecule has 33 heavy (non-hydrogen) atoms. The first kappa shape index (κ1) is 22.8. The molecule has 0 radical (unpaired) electrons. The van der Waals surface area contributed by atoms with Gasteiger partial charge in [-0.25, -0.2) is 19.2 Å². The summed E-state index contributed by atoms with van der Waals surface area (Å²) in [6, 6.07) is 16.6. The molecule has 0 spiro atoms. The second kappa shape index (κ2) is 10.1. The first-order valence-corrected chi connectivity index (χ1v) is 11.1. The summed E-state index contributed by atoms with van der Waals surface area (Å²) in [6.45, 7) is 0.429. The van der Waals surface area contributed by atoms with Gasteiger partial charge in [0.05, 0.1) is 24.2 Å². The summed E-state index contributed by atoms with van der Waals surface area (Å²) in [5.74, 6) is -0.338. The molecule has 0 N–H and O–H groups in total. The van der Waals surface area contributed by atoms with Crippen molar-refractivity contribution in [2.75, 3.05) is 19.1 Å². The molecule has 0 bridgehead atoms. The molecular weight excluding hydrogens is 465 g/mol. The van der Waals surface area contributed by atoms with Gasteiger partial charge in [-0.1, -0.05) is 11.6 Å². The zero-order valence-electron chi connectivity index (χ0n) is 17.8. The van der Waals surface area contributed by atoms with Crippen LogP contribution in [-0.4, -0.2) is 30.1 Å². The van der Waals surface area contributed by atoms with Gasteiger partial charge in [-0.15, -0.1) is 0 Å². The molecule has 0 saturated carbocycles. The molecule has 6 nitrogen and oxygen atoms in total. The maximum Gasteiger partial charge on any atom is 0.337 e. The Balaban J connectivity index is 1.62. The van der Waals surface area contributed by atoms with Gasteiger partial charge in [-0.3, -0.25) is 0 Å². The number of carbonyl (C=O) groups is 1. The molecule has 9 heteroatoms. The number of hydrogen-bond donors (Lipinski definition) is 0. The van der Waals surface area contributed by atoms with Crippen LogP contribution in [-0.2, 0) is 11.3 Å². The highest BCUT2D eigenvalue weighted by Gasteiger charge is 2.19. The Labute approximate surface area is 199 Å². The number of nitrogens with zero attached hydrogens (tertiary/aromatic N) is 3. The number of benzene rings is 2. The average Bonchev–Trinajstić information content (AvgIpc) is 3.22. The minimum atomic E-state index is -0.390. The van der Waals surface area contributed by atoms with Gasteiger partial charge >= 0.3 is 5.97 Å². The fraction of sp³-hybridized carbons (Fsp3) is 0.125. The summed E-state index contributed by atoms with van der Waals surface area (Å²) < 4.78 is 24.2. The molecule has 0 aliphatic carbocycles. The molecule has 0 aliphatic rings. The molecule has 168 valence electrons. The lowest BCUT2D eigenvalue weighted by molar-refractivity contribution is 0.0600. The molecule has 0 aliphatic heterocycles. The number of aromatic nitrogens is 2. The van der Waals surface area contributed by atoms with E-state index in [0.717, 1.165) is 5.69 Å². The lowest BCUT2D eigenvalue weighted by atomic mass is 10.2. The molecular formula is C24H19ClFN3O3S. The molecule has 2 aromatic heterocycles. The van der Waals surface area contributed by atoms with E-state index < -0.39 is 5.97 Å². The number of ether oxygens (including phenoxy) is 1. The van der Waals surface area contributed by atoms with Gasteiger partial charge in [0, 0.05) is 24.5 Å². The second-order valence-corrected chi connectivity index (χ2v) is 8.50. The van der Waals surface area contributed by atoms with Crippen molar-refractivity contribution < 1.29 is 18.3 Å². The van der Waals surface area contributed by atoms with Crippen molar-refractivity contribution in [1.29, 1.82) is 0 Å². The van der Waals surface area contributed by atoms with Crippen molar-refractivity contribution in [2.45, 2.75) is 16.7 Å². The summed E-state index contributed by atoms with van der Waals surface area (Å²) >= 11 is 7.27. The molecule has 4 aromatic rings. The summed E-state index contributed by atoms with van der Waals surface area (Å²) in [5.41, 5.74) is 2.71. The van der Waals surface area contributed by atoms with Crippen LogP contribution in [0.5, 0.6) is 0 Å². The summed E-state index contributed by atoms with van der Waals surface area (Å²) in [4.78, 5) is 22.6. The van der Waals surface area contributed by atoms with Gasteiger partial charge in [0.25, 0.3) is 0 Å². The van der Waals surface area contributed by atoms with E-state index in [-0.39, 0.29) is 5.82 Å². The summed E-state index contributed by atoms with van der Waals surface area (Å²) in [5, 5.41) is 1.81. The Morgan fingerprint density at radius 3 is 2.48 bits per heavy atom. The smallest absolute Gasteiger partial charge is 0.337 e. The Kier molecular flexibility index (Phi) is 6.96. The van der Waals surface area contributed by atoms with Crippen LogP contribution >= 0.6 is 23.4 Å². The minimum absolute atomic E-state index is 0.333. The zero-order valence-corrected chi connectivity index (χ0v) is 19.4. The van der Waals surface area contributed by atoms with Crippen LogP contribution in [0.1, 0.15) is 16.1 Å². The van der Waals surface area contributed by atoms with Gasteiger partial charge in [0.1, 0.15) is 16.5 Å². The van der Waals surface area contributed by atoms with Gasteiger partial charge in [0.15, 0.2) is 5.09 Å². The van der Waals surface area contributed by atoms with E-state index in [2.05, 4.69) is 9.97 Å². The fourth-order valence-electron chi connectivity index (χ4n) is 3.04. The van der Waals surface area contributed by atoms with E-state index in [1.807, 2.05) is 24.1 Å². The Morgan fingerprint density at radius 1 is 1.12 bits per heavy atom. The van der Waals surface area contributed by atoms with Crippen molar-refractivity contribution in [2.24, 2.45) is 0 Å². The van der Waals surface area contributed by atoms with Crippen molar-refractivity contribution in [3.05, 3.63) is 89.0 Å². The van der Waals surface area contributed by atoms with E-state index in [1.54, 1.807) is 42.6 Å². The highest BCUT2D eigenvalue weighted by molar-refractivity contribution is 7.99. The maximum atomic E-state index is 13.4. The molecule has 0 atom stereocenters. The Hall–Kier alpha value is -3.36. The normalized spacial score (nSPS) is 10.8. The SMILES string of the molecule is COC(=O)c1ccc(N(C)Cc2nc(-c3ccc(F)cc3)oc2Sc2ccc(Cl)cn2)cc1. The van der Waals surface area contributed by atoms with Crippen LogP contribution in [0.15, 0.2) is 81.4 Å². The van der Waals surface area contributed by atoms with E-state index in [0.29, 0.717) is 44.4 Å². The topological polar surface area (TPSA) is 68.5 Å². The fourth-order valence-corrected chi connectivity index (χ4v) is 3.93. The van der Waals surface area contributed by atoms with E-state index in [4.69, 9.17) is 20.8 Å². The molecule has 0 unspecified atom stereocenters. The maximum absolute atomic E-state index is 13.4. The van der Waals surface area contributed by atoms with Crippen LogP contribution in [0, 0.1) is 5.82 Å². The Bertz CT molecular complexity index is 1250. The molecule has 4 rings (SSSR count). The van der Waals surface area contributed by atoms with E-state index >= 15 is 0 Å². The average molecular weight is 484 g/mol. The lowest BCUT2D eigenvalue weighted by Gasteiger charge is -2.18. The number of esters is 1. The van der Waals surface area contributed by atoms with Crippen LogP contribution in [0.4, 0.5) is 10.1 Å². The Morgan fingerprint density at radius 2 is 1.85 bits per heavy atom. The number of rotatable bonds is 7. The summed E-state index contributed by atoms with van der Waals surface area (Å²) in [6.07, 6.45) is 1.57. The highest BCUT2D eigenvalue weighted by atomic mass is 35.5. The third-order valence-electron chi connectivity index (χ3n) is 4.77. The largest absolute Gasteiger partial charge is 0.465 e. The number of halogens is 2. The molecule has 0 saturated heterocycles. The number of carbonyl (C=O) groups excluding carboxylic acids is 1. The van der Waals surface area contributed by atoms with Crippen LogP contribution in [0.25, 0.3) is 11.5 Å². The number of pyridine rings is 1. The first-order valence-electron chi connectivity index (χ1n) is 9.87. The van der Waals surface area contributed by atoms with Gasteiger partial charge < -0.3 is 14.1 Å². The van der Waals surface area contributed by atoms with Crippen molar-refractivity contribution in [3.8, 4) is 11.5 Å². The minimum Gasteiger partial charge on any atom is -0.465 e.